The average molecular weight is 326 g/mol. The van der Waals surface area contributed by atoms with Gasteiger partial charge in [-0.05, 0) is 43.9 Å². The maximum atomic E-state index is 4.06. The first-order valence-corrected chi connectivity index (χ1v) is 15.2. The first-order chi connectivity index (χ1) is 9.94. The lowest BCUT2D eigenvalue weighted by Gasteiger charge is -2.45. The fourth-order valence-corrected chi connectivity index (χ4v) is 9.85. The van der Waals surface area contributed by atoms with Crippen LogP contribution < -0.4 is 0 Å². The van der Waals surface area contributed by atoms with Gasteiger partial charge in [0.2, 0.25) is 0 Å². The van der Waals surface area contributed by atoms with Crippen LogP contribution in [-0.2, 0) is 0 Å². The molecule has 1 aliphatic rings. The summed E-state index contributed by atoms with van der Waals surface area (Å²) in [6.07, 6.45) is 7.27. The van der Waals surface area contributed by atoms with Crippen molar-refractivity contribution in [2.45, 2.75) is 96.2 Å². The summed E-state index contributed by atoms with van der Waals surface area (Å²) >= 11 is 0. The van der Waals surface area contributed by atoms with Crippen molar-refractivity contribution in [2.75, 3.05) is 6.54 Å². The average Bonchev–Trinajstić information content (AvgIpc) is 3.01. The molecule has 21 heavy (non-hydrogen) atoms. The second-order valence-electron chi connectivity index (χ2n) is 7.71. The first kappa shape index (κ1) is 19.2. The second-order valence-corrected chi connectivity index (χ2v) is 17.7. The zero-order valence-electron chi connectivity index (χ0n) is 15.4. The van der Waals surface area contributed by atoms with Crippen LogP contribution in [0.4, 0.5) is 0 Å². The molecule has 1 rings (SSSR count). The van der Waals surface area contributed by atoms with Gasteiger partial charge >= 0.3 is 0 Å². The van der Waals surface area contributed by atoms with Crippen LogP contribution in [0.25, 0.3) is 0 Å². The molecule has 0 bridgehead atoms. The van der Waals surface area contributed by atoms with E-state index in [1.54, 1.807) is 0 Å². The van der Waals surface area contributed by atoms with E-state index in [0.29, 0.717) is 0 Å². The van der Waals surface area contributed by atoms with E-state index in [2.05, 4.69) is 50.7 Å². The van der Waals surface area contributed by atoms with Crippen molar-refractivity contribution in [1.29, 1.82) is 0 Å². The van der Waals surface area contributed by atoms with Gasteiger partial charge in [-0.25, -0.2) is 0 Å². The predicted molar refractivity (Wildman–Crippen MR) is 103 cm³/mol. The van der Waals surface area contributed by atoms with E-state index in [-0.39, 0.29) is 0 Å². The highest BCUT2D eigenvalue weighted by atomic mass is 28.3. The zero-order valence-corrected chi connectivity index (χ0v) is 17.4. The Morgan fingerprint density at radius 2 is 1.57 bits per heavy atom. The Balaban J connectivity index is 2.75. The fourth-order valence-electron chi connectivity index (χ4n) is 4.19. The molecule has 0 unspecified atom stereocenters. The van der Waals surface area contributed by atoms with Crippen LogP contribution in [0.5, 0.6) is 0 Å². The summed E-state index contributed by atoms with van der Waals surface area (Å²) < 4.78 is 3.08. The van der Waals surface area contributed by atoms with Gasteiger partial charge in [0.25, 0.3) is 0 Å². The second kappa shape index (κ2) is 8.68. The molecule has 1 fully saturated rings. The third kappa shape index (κ3) is 5.07. The largest absolute Gasteiger partial charge is 0.321 e. The van der Waals surface area contributed by atoms with Crippen molar-refractivity contribution in [3.63, 3.8) is 0 Å². The number of hydrogen-bond donors (Lipinski definition) is 0. The van der Waals surface area contributed by atoms with E-state index in [9.17, 15) is 0 Å². The molecule has 0 N–H and O–H groups in total. The lowest BCUT2D eigenvalue weighted by Crippen LogP contribution is -2.56. The Morgan fingerprint density at radius 3 is 2.00 bits per heavy atom. The van der Waals surface area contributed by atoms with E-state index in [4.69, 9.17) is 0 Å². The normalized spacial score (nSPS) is 17.6. The third-order valence-corrected chi connectivity index (χ3v) is 14.6. The van der Waals surface area contributed by atoms with Gasteiger partial charge in [-0.1, -0.05) is 52.8 Å². The topological polar surface area (TPSA) is 3.24 Å². The van der Waals surface area contributed by atoms with Gasteiger partial charge in [0.05, 0.1) is 8.07 Å². The Hall–Kier alpha value is 0.134. The molecular weight excluding hydrogens is 286 g/mol. The molecule has 3 heteroatoms. The van der Waals surface area contributed by atoms with E-state index < -0.39 is 16.3 Å². The summed E-state index contributed by atoms with van der Waals surface area (Å²) in [6.45, 7) is 17.7. The fraction of sp³-hybridized carbons (Fsp3) is 0.889. The van der Waals surface area contributed by atoms with E-state index in [1.165, 1.54) is 62.8 Å². The van der Waals surface area contributed by atoms with E-state index >= 15 is 0 Å². The monoisotopic (exact) mass is 325 g/mol. The Bertz CT molecular complexity index is 296. The molecule has 0 spiro atoms. The summed E-state index contributed by atoms with van der Waals surface area (Å²) in [7, 11) is -2.32. The smallest absolute Gasteiger partial charge is 0.127 e. The molecule has 1 saturated carbocycles. The molecule has 0 saturated heterocycles. The Labute approximate surface area is 136 Å². The molecule has 0 atom stereocenters. The van der Waals surface area contributed by atoms with Crippen molar-refractivity contribution in [1.82, 2.24) is 4.57 Å². The molecular formula is C18H39NSi2. The van der Waals surface area contributed by atoms with Crippen LogP contribution in [0.2, 0.25) is 37.3 Å². The Morgan fingerprint density at radius 1 is 1.05 bits per heavy atom. The highest BCUT2D eigenvalue weighted by Crippen LogP contribution is 2.34. The first-order valence-electron chi connectivity index (χ1n) is 9.35. The van der Waals surface area contributed by atoms with Crippen LogP contribution >= 0.6 is 0 Å². The molecule has 0 aromatic carbocycles. The lowest BCUT2D eigenvalue weighted by atomic mass is 10.2. The van der Waals surface area contributed by atoms with Gasteiger partial charge in [0.1, 0.15) is 8.24 Å². The number of hydrogen-bond acceptors (Lipinski definition) is 1. The molecule has 0 aliphatic heterocycles. The molecule has 1 nitrogen and oxygen atoms in total. The van der Waals surface area contributed by atoms with Crippen molar-refractivity contribution >= 4 is 16.3 Å². The van der Waals surface area contributed by atoms with Gasteiger partial charge < -0.3 is 4.57 Å². The minimum Gasteiger partial charge on any atom is -0.321 e. The van der Waals surface area contributed by atoms with Crippen LogP contribution in [0.1, 0.15) is 52.9 Å². The molecule has 124 valence electrons. The van der Waals surface area contributed by atoms with Crippen LogP contribution in [0.3, 0.4) is 0 Å². The van der Waals surface area contributed by atoms with Crippen LogP contribution in [0.15, 0.2) is 12.3 Å². The summed E-state index contributed by atoms with van der Waals surface area (Å²) in [4.78, 5) is 0. The van der Waals surface area contributed by atoms with Crippen molar-refractivity contribution in [3.05, 3.63) is 12.3 Å². The molecule has 0 aromatic rings. The van der Waals surface area contributed by atoms with Crippen LogP contribution in [-0.4, -0.2) is 33.5 Å². The molecule has 1 aliphatic carbocycles. The van der Waals surface area contributed by atoms with Gasteiger partial charge in [0, 0.05) is 6.04 Å². The summed E-state index contributed by atoms with van der Waals surface area (Å²) in [5, 5.41) is 0. The van der Waals surface area contributed by atoms with Crippen LogP contribution in [0, 0.1) is 0 Å². The van der Waals surface area contributed by atoms with Gasteiger partial charge in [-0.2, -0.15) is 0 Å². The number of rotatable bonds is 10. The summed E-state index contributed by atoms with van der Waals surface area (Å²) in [5.41, 5.74) is 2.27. The molecule has 0 aromatic heterocycles. The molecule has 0 heterocycles. The van der Waals surface area contributed by atoms with Crippen molar-refractivity contribution in [2.24, 2.45) is 0 Å². The quantitative estimate of drug-likeness (QED) is 0.441. The zero-order chi connectivity index (χ0) is 15.9. The lowest BCUT2D eigenvalue weighted by molar-refractivity contribution is 0.311. The minimum absolute atomic E-state index is 0.921. The van der Waals surface area contributed by atoms with Gasteiger partial charge in [0.15, 0.2) is 0 Å². The Kier molecular flexibility index (Phi) is 7.93. The number of nitrogens with zero attached hydrogens (tertiary/aromatic N) is 1. The molecule has 0 amide bonds. The maximum absolute atomic E-state index is 4.06. The van der Waals surface area contributed by atoms with E-state index in [0.717, 1.165) is 6.04 Å². The maximum Gasteiger partial charge on any atom is 0.127 e. The highest BCUT2D eigenvalue weighted by Gasteiger charge is 2.39. The van der Waals surface area contributed by atoms with Crippen molar-refractivity contribution in [3.8, 4) is 0 Å². The predicted octanol–water partition coefficient (Wildman–Crippen LogP) is 6.06. The molecule has 0 radical (unpaired) electrons. The summed E-state index contributed by atoms with van der Waals surface area (Å²) in [5.74, 6) is 0. The van der Waals surface area contributed by atoms with E-state index in [1.807, 2.05) is 0 Å². The highest BCUT2D eigenvalue weighted by molar-refractivity contribution is 6.82. The minimum atomic E-state index is -1.20. The van der Waals surface area contributed by atoms with Gasteiger partial charge in [-0.15, -0.1) is 12.3 Å². The van der Waals surface area contributed by atoms with Crippen molar-refractivity contribution < 1.29 is 0 Å². The summed E-state index contributed by atoms with van der Waals surface area (Å²) in [6, 6.07) is 6.67. The SMILES string of the molecule is C=C[Si](C)(C)CCCN(C1CCCC1)[Si](CC)(CC)CC. The third-order valence-electron chi connectivity index (χ3n) is 6.12. The van der Waals surface area contributed by atoms with Gasteiger partial charge in [-0.3, -0.25) is 0 Å². The standard InChI is InChI=1S/C18H39NSi2/c1-7-20(5,6)17-13-16-19(18-14-11-12-15-18)21(8-2,9-3)10-4/h7,18H,1,8-17H2,2-6H3.